The summed E-state index contributed by atoms with van der Waals surface area (Å²) in [6.45, 7) is 5.09. The molecule has 4 nitrogen and oxygen atoms in total. The van der Waals surface area contributed by atoms with Gasteiger partial charge in [0.1, 0.15) is 0 Å². The number of likely N-dealkylation sites (tertiary alicyclic amines) is 1. The van der Waals surface area contributed by atoms with Crippen LogP contribution < -0.4 is 0 Å². The first-order chi connectivity index (χ1) is 9.02. The molecule has 1 saturated heterocycles. The van der Waals surface area contributed by atoms with E-state index in [1.54, 1.807) is 12.1 Å². The van der Waals surface area contributed by atoms with Gasteiger partial charge in [0.2, 0.25) is 0 Å². The van der Waals surface area contributed by atoms with Gasteiger partial charge in [-0.1, -0.05) is 18.5 Å². The van der Waals surface area contributed by atoms with Gasteiger partial charge in [0, 0.05) is 35.8 Å². The molecule has 1 aliphatic heterocycles. The van der Waals surface area contributed by atoms with Crippen LogP contribution in [-0.4, -0.2) is 21.9 Å². The van der Waals surface area contributed by atoms with Gasteiger partial charge >= 0.3 is 0 Å². The summed E-state index contributed by atoms with van der Waals surface area (Å²) in [7, 11) is 0. The smallest absolute Gasteiger partial charge is 0.269 e. The Morgan fingerprint density at radius 1 is 1.47 bits per heavy atom. The molecule has 0 saturated carbocycles. The standard InChI is InChI=1S/C14H19ClN2O2/c1-3-12-5-4-10(2)16(12)9-11-8-13(17(18)19)6-7-14(11)15/h6-8,10,12H,3-5,9H2,1-2H3. The van der Waals surface area contributed by atoms with Gasteiger partial charge in [-0.2, -0.15) is 0 Å². The van der Waals surface area contributed by atoms with Crippen molar-refractivity contribution in [2.75, 3.05) is 0 Å². The zero-order valence-corrected chi connectivity index (χ0v) is 12.1. The molecule has 2 rings (SSSR count). The monoisotopic (exact) mass is 282 g/mol. The number of hydrogen-bond donors (Lipinski definition) is 0. The van der Waals surface area contributed by atoms with Crippen LogP contribution in [0.3, 0.4) is 0 Å². The third-order valence-electron chi connectivity index (χ3n) is 4.02. The minimum Gasteiger partial charge on any atom is -0.293 e. The largest absolute Gasteiger partial charge is 0.293 e. The van der Waals surface area contributed by atoms with Crippen molar-refractivity contribution in [3.63, 3.8) is 0 Å². The van der Waals surface area contributed by atoms with Crippen LogP contribution in [0, 0.1) is 10.1 Å². The third kappa shape index (κ3) is 3.07. The van der Waals surface area contributed by atoms with Crippen molar-refractivity contribution < 1.29 is 4.92 Å². The van der Waals surface area contributed by atoms with Crippen molar-refractivity contribution in [2.24, 2.45) is 0 Å². The van der Waals surface area contributed by atoms with Crippen molar-refractivity contribution in [3.8, 4) is 0 Å². The number of nitrogens with zero attached hydrogens (tertiary/aromatic N) is 2. The van der Waals surface area contributed by atoms with E-state index in [9.17, 15) is 10.1 Å². The molecule has 0 radical (unpaired) electrons. The van der Waals surface area contributed by atoms with E-state index in [1.165, 1.54) is 18.9 Å². The van der Waals surface area contributed by atoms with Crippen LogP contribution in [0.4, 0.5) is 5.69 Å². The third-order valence-corrected chi connectivity index (χ3v) is 4.39. The highest BCUT2D eigenvalue weighted by molar-refractivity contribution is 6.31. The van der Waals surface area contributed by atoms with Gasteiger partial charge in [-0.3, -0.25) is 15.0 Å². The number of hydrogen-bond acceptors (Lipinski definition) is 3. The molecule has 0 spiro atoms. The molecular formula is C14H19ClN2O2. The lowest BCUT2D eigenvalue weighted by molar-refractivity contribution is -0.384. The number of rotatable bonds is 4. The maximum Gasteiger partial charge on any atom is 0.269 e. The Kier molecular flexibility index (Phi) is 4.42. The summed E-state index contributed by atoms with van der Waals surface area (Å²) in [4.78, 5) is 12.9. The molecule has 5 heteroatoms. The van der Waals surface area contributed by atoms with E-state index in [0.29, 0.717) is 23.7 Å². The molecular weight excluding hydrogens is 264 g/mol. The fraction of sp³-hybridized carbons (Fsp3) is 0.571. The van der Waals surface area contributed by atoms with Crippen molar-refractivity contribution in [1.29, 1.82) is 0 Å². The lowest BCUT2D eigenvalue weighted by Gasteiger charge is -2.28. The van der Waals surface area contributed by atoms with Crippen molar-refractivity contribution in [2.45, 2.75) is 51.7 Å². The van der Waals surface area contributed by atoms with Crippen molar-refractivity contribution >= 4 is 17.3 Å². The predicted molar refractivity (Wildman–Crippen MR) is 76.4 cm³/mol. The molecule has 1 fully saturated rings. The molecule has 0 aromatic heterocycles. The Hall–Kier alpha value is -1.13. The zero-order chi connectivity index (χ0) is 14.0. The van der Waals surface area contributed by atoms with Gasteiger partial charge in [-0.05, 0) is 37.8 Å². The highest BCUT2D eigenvalue weighted by Crippen LogP contribution is 2.31. The van der Waals surface area contributed by atoms with E-state index in [0.717, 1.165) is 12.0 Å². The van der Waals surface area contributed by atoms with Crippen LogP contribution >= 0.6 is 11.6 Å². The molecule has 2 unspecified atom stereocenters. The highest BCUT2D eigenvalue weighted by Gasteiger charge is 2.29. The topological polar surface area (TPSA) is 46.4 Å². The summed E-state index contributed by atoms with van der Waals surface area (Å²) in [5, 5.41) is 11.4. The van der Waals surface area contributed by atoms with Crippen LogP contribution in [0.25, 0.3) is 0 Å². The fourth-order valence-electron chi connectivity index (χ4n) is 2.84. The maximum absolute atomic E-state index is 10.8. The second-order valence-electron chi connectivity index (χ2n) is 5.19. The lowest BCUT2D eigenvalue weighted by Crippen LogP contribution is -2.33. The van der Waals surface area contributed by atoms with E-state index in [4.69, 9.17) is 11.6 Å². The SMILES string of the molecule is CCC1CCC(C)N1Cc1cc([N+](=O)[O-])ccc1Cl. The predicted octanol–water partition coefficient (Wildman–Crippen LogP) is 4.01. The van der Waals surface area contributed by atoms with E-state index in [1.807, 2.05) is 0 Å². The number of halogens is 1. The number of nitro benzene ring substituents is 1. The molecule has 1 aromatic carbocycles. The second kappa shape index (κ2) is 5.88. The highest BCUT2D eigenvalue weighted by atomic mass is 35.5. The fourth-order valence-corrected chi connectivity index (χ4v) is 3.02. The van der Waals surface area contributed by atoms with Gasteiger partial charge in [0.05, 0.1) is 4.92 Å². The van der Waals surface area contributed by atoms with Gasteiger partial charge in [-0.25, -0.2) is 0 Å². The van der Waals surface area contributed by atoms with Gasteiger partial charge < -0.3 is 0 Å². The summed E-state index contributed by atoms with van der Waals surface area (Å²) >= 11 is 6.17. The number of nitro groups is 1. The second-order valence-corrected chi connectivity index (χ2v) is 5.60. The van der Waals surface area contributed by atoms with E-state index in [-0.39, 0.29) is 10.6 Å². The maximum atomic E-state index is 10.8. The Labute approximate surface area is 118 Å². The molecule has 1 heterocycles. The average Bonchev–Trinajstić information content (AvgIpc) is 2.73. The van der Waals surface area contributed by atoms with Crippen LogP contribution in [0.1, 0.15) is 38.7 Å². The number of benzene rings is 1. The molecule has 0 bridgehead atoms. The molecule has 2 atom stereocenters. The summed E-state index contributed by atoms with van der Waals surface area (Å²) in [6, 6.07) is 5.75. The zero-order valence-electron chi connectivity index (χ0n) is 11.3. The minimum atomic E-state index is -0.370. The Morgan fingerprint density at radius 2 is 2.21 bits per heavy atom. The molecule has 1 aliphatic rings. The van der Waals surface area contributed by atoms with E-state index in [2.05, 4.69) is 18.7 Å². The van der Waals surface area contributed by atoms with Gasteiger partial charge in [-0.15, -0.1) is 0 Å². The summed E-state index contributed by atoms with van der Waals surface area (Å²) < 4.78 is 0. The van der Waals surface area contributed by atoms with Crippen molar-refractivity contribution in [1.82, 2.24) is 4.90 Å². The molecule has 19 heavy (non-hydrogen) atoms. The lowest BCUT2D eigenvalue weighted by atomic mass is 10.1. The Bertz CT molecular complexity index is 479. The van der Waals surface area contributed by atoms with E-state index < -0.39 is 0 Å². The van der Waals surface area contributed by atoms with E-state index >= 15 is 0 Å². The summed E-state index contributed by atoms with van der Waals surface area (Å²) in [5.74, 6) is 0. The summed E-state index contributed by atoms with van der Waals surface area (Å²) in [6.07, 6.45) is 3.49. The first-order valence-electron chi connectivity index (χ1n) is 6.71. The van der Waals surface area contributed by atoms with Gasteiger partial charge in [0.25, 0.3) is 5.69 Å². The molecule has 104 valence electrons. The van der Waals surface area contributed by atoms with Crippen LogP contribution in [-0.2, 0) is 6.54 Å². The normalized spacial score (nSPS) is 23.7. The van der Waals surface area contributed by atoms with Gasteiger partial charge in [0.15, 0.2) is 0 Å². The molecule has 0 aliphatic carbocycles. The van der Waals surface area contributed by atoms with Crippen LogP contribution in [0.2, 0.25) is 5.02 Å². The first-order valence-corrected chi connectivity index (χ1v) is 7.09. The van der Waals surface area contributed by atoms with Crippen LogP contribution in [0.15, 0.2) is 18.2 Å². The average molecular weight is 283 g/mol. The Balaban J connectivity index is 2.22. The molecule has 1 aromatic rings. The Morgan fingerprint density at radius 3 is 2.84 bits per heavy atom. The van der Waals surface area contributed by atoms with Crippen LogP contribution in [0.5, 0.6) is 0 Å². The first kappa shape index (κ1) is 14.3. The quantitative estimate of drug-likeness (QED) is 0.619. The van der Waals surface area contributed by atoms with Crippen molar-refractivity contribution in [3.05, 3.63) is 38.9 Å². The summed E-state index contributed by atoms with van der Waals surface area (Å²) in [5.41, 5.74) is 0.961. The molecule has 0 amide bonds. The molecule has 0 N–H and O–H groups in total. The number of non-ortho nitro benzene ring substituents is 1. The minimum absolute atomic E-state index is 0.110.